The SMILES string of the molecule is O=C(O)c1cc2c(OC[C@H]3C[C@H](c4cccc(Cl)c4F)[C@]4(C(=O)Nc5cc(Cl)ccc54)N3CC3CC3)[nH]nc2cc1F. The number of H-pyrrole nitrogens is 1. The number of ether oxygens (including phenoxy) is 1. The number of benzene rings is 3. The summed E-state index contributed by atoms with van der Waals surface area (Å²) in [6.45, 7) is 0.653. The van der Waals surface area contributed by atoms with Crippen LogP contribution in [0.15, 0.2) is 48.5 Å². The van der Waals surface area contributed by atoms with E-state index < -0.39 is 34.6 Å². The predicted octanol–water partition coefficient (Wildman–Crippen LogP) is 6.34. The average Bonchev–Trinajstić information content (AvgIpc) is 3.51. The number of amides is 1. The van der Waals surface area contributed by atoms with Crippen LogP contribution in [0.3, 0.4) is 0 Å². The number of fused-ring (bicyclic) bond motifs is 3. The molecule has 1 spiro atoms. The van der Waals surface area contributed by atoms with Gasteiger partial charge in [-0.15, -0.1) is 0 Å². The third-order valence-electron chi connectivity index (χ3n) is 8.66. The first-order chi connectivity index (χ1) is 20.2. The molecule has 42 heavy (non-hydrogen) atoms. The molecule has 2 fully saturated rings. The van der Waals surface area contributed by atoms with Gasteiger partial charge in [0.15, 0.2) is 0 Å². The first-order valence-electron chi connectivity index (χ1n) is 13.5. The number of carbonyl (C=O) groups is 2. The number of aromatic carboxylic acids is 1. The van der Waals surface area contributed by atoms with E-state index in [-0.39, 0.29) is 35.0 Å². The number of hydrogen-bond donors (Lipinski definition) is 3. The zero-order chi connectivity index (χ0) is 29.3. The zero-order valence-electron chi connectivity index (χ0n) is 22.0. The van der Waals surface area contributed by atoms with E-state index in [9.17, 15) is 19.1 Å². The number of nitrogens with zero attached hydrogens (tertiary/aromatic N) is 2. The van der Waals surface area contributed by atoms with Gasteiger partial charge in [0, 0.05) is 40.8 Å². The molecule has 0 radical (unpaired) electrons. The summed E-state index contributed by atoms with van der Waals surface area (Å²) < 4.78 is 36.1. The Morgan fingerprint density at radius 3 is 2.74 bits per heavy atom. The predicted molar refractivity (Wildman–Crippen MR) is 152 cm³/mol. The molecule has 1 aliphatic carbocycles. The molecule has 0 unspecified atom stereocenters. The van der Waals surface area contributed by atoms with E-state index in [1.807, 2.05) is 6.07 Å². The van der Waals surface area contributed by atoms with Crippen LogP contribution >= 0.6 is 23.2 Å². The molecule has 3 N–H and O–H groups in total. The Bertz CT molecular complexity index is 1780. The standard InChI is InChI=1S/C30H24Cl2F2N4O4/c31-15-6-7-20-25(8-15)35-29(41)30(20)21(17-2-1-3-22(32)26(17)34)9-16(38(30)12-14-4-5-14)13-42-27-19-10-18(28(39)40)23(33)11-24(19)36-37-27/h1-3,6-8,10-11,14,16,21H,4-5,9,12-13H2,(H,35,41)(H,36,37)(H,39,40)/t16-,21-,30-/m1/s1. The van der Waals surface area contributed by atoms with Crippen molar-refractivity contribution in [1.29, 1.82) is 0 Å². The van der Waals surface area contributed by atoms with E-state index in [1.54, 1.807) is 24.3 Å². The summed E-state index contributed by atoms with van der Waals surface area (Å²) in [7, 11) is 0. The van der Waals surface area contributed by atoms with Crippen LogP contribution < -0.4 is 10.1 Å². The highest BCUT2D eigenvalue weighted by molar-refractivity contribution is 6.31. The van der Waals surface area contributed by atoms with E-state index in [4.69, 9.17) is 27.9 Å². The molecule has 12 heteroatoms. The topological polar surface area (TPSA) is 108 Å². The van der Waals surface area contributed by atoms with Gasteiger partial charge in [-0.2, -0.15) is 5.10 Å². The number of anilines is 1. The van der Waals surface area contributed by atoms with Crippen LogP contribution in [0.5, 0.6) is 5.88 Å². The number of carboxylic acids is 1. The van der Waals surface area contributed by atoms with E-state index in [1.165, 1.54) is 12.1 Å². The van der Waals surface area contributed by atoms with E-state index in [0.717, 1.165) is 18.9 Å². The van der Waals surface area contributed by atoms with Crippen LogP contribution in [0, 0.1) is 17.6 Å². The molecule has 3 atom stereocenters. The van der Waals surface area contributed by atoms with Gasteiger partial charge in [-0.1, -0.05) is 41.4 Å². The summed E-state index contributed by atoms with van der Waals surface area (Å²) in [5.74, 6) is -3.24. The van der Waals surface area contributed by atoms with Crippen LogP contribution in [0.4, 0.5) is 14.5 Å². The molecule has 7 rings (SSSR count). The molecule has 1 saturated carbocycles. The Morgan fingerprint density at radius 1 is 1.17 bits per heavy atom. The fourth-order valence-electron chi connectivity index (χ4n) is 6.61. The minimum Gasteiger partial charge on any atom is -0.478 e. The third kappa shape index (κ3) is 4.15. The van der Waals surface area contributed by atoms with Crippen molar-refractivity contribution in [3.63, 3.8) is 0 Å². The monoisotopic (exact) mass is 612 g/mol. The van der Waals surface area contributed by atoms with Crippen LogP contribution in [-0.2, 0) is 10.3 Å². The van der Waals surface area contributed by atoms with Crippen LogP contribution in [-0.4, -0.2) is 51.3 Å². The molecule has 3 aromatic carbocycles. The second-order valence-electron chi connectivity index (χ2n) is 11.1. The van der Waals surface area contributed by atoms with Crippen molar-refractivity contribution in [3.8, 4) is 5.88 Å². The summed E-state index contributed by atoms with van der Waals surface area (Å²) >= 11 is 12.5. The molecule has 1 aromatic heterocycles. The highest BCUT2D eigenvalue weighted by atomic mass is 35.5. The van der Waals surface area contributed by atoms with Crippen LogP contribution in [0.25, 0.3) is 10.9 Å². The number of carboxylic acid groups (broad SMARTS) is 1. The lowest BCUT2D eigenvalue weighted by atomic mass is 9.75. The molecule has 1 amide bonds. The normalized spacial score (nSPS) is 23.5. The number of rotatable bonds is 7. The lowest BCUT2D eigenvalue weighted by Gasteiger charge is -2.40. The molecule has 3 aliphatic rings. The fourth-order valence-corrected chi connectivity index (χ4v) is 6.97. The molecule has 2 aliphatic heterocycles. The molecule has 216 valence electrons. The maximum absolute atomic E-state index is 15.7. The third-order valence-corrected chi connectivity index (χ3v) is 9.19. The number of likely N-dealkylation sites (tertiary alicyclic amines) is 1. The Morgan fingerprint density at radius 2 is 1.98 bits per heavy atom. The number of carbonyl (C=O) groups excluding carboxylic acids is 1. The number of halogens is 4. The molecule has 3 heterocycles. The Kier molecular flexibility index (Phi) is 6.41. The van der Waals surface area contributed by atoms with Gasteiger partial charge < -0.3 is 15.2 Å². The second-order valence-corrected chi connectivity index (χ2v) is 12.0. The summed E-state index contributed by atoms with van der Waals surface area (Å²) in [6, 6.07) is 11.9. The minimum absolute atomic E-state index is 0.0313. The maximum Gasteiger partial charge on any atom is 0.338 e. The summed E-state index contributed by atoms with van der Waals surface area (Å²) in [6.07, 6.45) is 2.39. The smallest absolute Gasteiger partial charge is 0.338 e. The van der Waals surface area contributed by atoms with E-state index in [2.05, 4.69) is 20.4 Å². The quantitative estimate of drug-likeness (QED) is 0.225. The fraction of sp³-hybridized carbons (Fsp3) is 0.300. The van der Waals surface area contributed by atoms with Crippen LogP contribution in [0.2, 0.25) is 10.0 Å². The van der Waals surface area contributed by atoms with E-state index in [0.29, 0.717) is 46.1 Å². The first kappa shape index (κ1) is 27.1. The Labute approximate surface area is 248 Å². The Hall–Kier alpha value is -3.73. The Balaban J connectivity index is 1.32. The van der Waals surface area contributed by atoms with Gasteiger partial charge in [-0.05, 0) is 55.0 Å². The lowest BCUT2D eigenvalue weighted by molar-refractivity contribution is -0.128. The van der Waals surface area contributed by atoms with Crippen molar-refractivity contribution in [2.45, 2.75) is 36.8 Å². The molecular weight excluding hydrogens is 589 g/mol. The maximum atomic E-state index is 15.7. The van der Waals surface area contributed by atoms with Crippen molar-refractivity contribution in [2.75, 3.05) is 18.5 Å². The summed E-state index contributed by atoms with van der Waals surface area (Å²) in [5.41, 5.74) is 0.0707. The minimum atomic E-state index is -1.41. The summed E-state index contributed by atoms with van der Waals surface area (Å²) in [5, 5.41) is 19.9. The molecule has 0 bridgehead atoms. The summed E-state index contributed by atoms with van der Waals surface area (Å²) in [4.78, 5) is 27.8. The van der Waals surface area contributed by atoms with Crippen molar-refractivity contribution < 1.29 is 28.2 Å². The second kappa shape index (κ2) is 9.93. The van der Waals surface area contributed by atoms with Gasteiger partial charge in [-0.3, -0.25) is 9.69 Å². The van der Waals surface area contributed by atoms with Gasteiger partial charge in [0.2, 0.25) is 11.8 Å². The molecule has 8 nitrogen and oxygen atoms in total. The largest absolute Gasteiger partial charge is 0.478 e. The van der Waals surface area contributed by atoms with Crippen molar-refractivity contribution >= 4 is 51.7 Å². The number of hydrogen-bond acceptors (Lipinski definition) is 5. The van der Waals surface area contributed by atoms with E-state index >= 15 is 4.39 Å². The van der Waals surface area contributed by atoms with Gasteiger partial charge in [0.1, 0.15) is 23.8 Å². The first-order valence-corrected chi connectivity index (χ1v) is 14.3. The number of nitrogens with one attached hydrogen (secondary N) is 2. The van der Waals surface area contributed by atoms with Gasteiger partial charge >= 0.3 is 5.97 Å². The number of aromatic nitrogens is 2. The number of aromatic amines is 1. The molecule has 4 aromatic rings. The highest BCUT2D eigenvalue weighted by Gasteiger charge is 2.64. The van der Waals surface area contributed by atoms with Crippen molar-refractivity contribution in [1.82, 2.24) is 15.1 Å². The molecular formula is C30H24Cl2F2N4O4. The highest BCUT2D eigenvalue weighted by Crippen LogP contribution is 2.58. The lowest BCUT2D eigenvalue weighted by Crippen LogP contribution is -2.53. The average molecular weight is 613 g/mol. The molecule has 1 saturated heterocycles. The van der Waals surface area contributed by atoms with Gasteiger partial charge in [-0.25, -0.2) is 18.7 Å². The van der Waals surface area contributed by atoms with Crippen LogP contribution in [0.1, 0.15) is 46.7 Å². The van der Waals surface area contributed by atoms with Crippen molar-refractivity contribution in [2.24, 2.45) is 5.92 Å². The van der Waals surface area contributed by atoms with Gasteiger partial charge in [0.25, 0.3) is 0 Å². The zero-order valence-corrected chi connectivity index (χ0v) is 23.5. The van der Waals surface area contributed by atoms with Crippen molar-refractivity contribution in [3.05, 3.63) is 86.9 Å². The van der Waals surface area contributed by atoms with Gasteiger partial charge in [0.05, 0.1) is 21.5 Å².